The van der Waals surface area contributed by atoms with Crippen LogP contribution in [0.25, 0.3) is 11.4 Å². The maximum atomic E-state index is 12.9. The van der Waals surface area contributed by atoms with Crippen LogP contribution in [-0.4, -0.2) is 27.4 Å². The highest BCUT2D eigenvalue weighted by Crippen LogP contribution is 2.28. The first-order chi connectivity index (χ1) is 14.0. The van der Waals surface area contributed by atoms with Crippen molar-refractivity contribution in [1.29, 1.82) is 0 Å². The fourth-order valence-electron chi connectivity index (χ4n) is 3.20. The Morgan fingerprint density at radius 3 is 2.62 bits per heavy atom. The molecule has 0 saturated heterocycles. The second-order valence-corrected chi connectivity index (χ2v) is 7.37. The van der Waals surface area contributed by atoms with Gasteiger partial charge in [-0.3, -0.25) is 4.79 Å². The topological polar surface area (TPSA) is 89.6 Å². The largest absolute Gasteiger partial charge is 0.379 e. The average Bonchev–Trinajstić information content (AvgIpc) is 3.37. The van der Waals surface area contributed by atoms with Crippen LogP contribution < -0.4 is 5.32 Å². The smallest absolute Gasteiger partial charge is 0.267 e. The van der Waals surface area contributed by atoms with Crippen LogP contribution in [0, 0.1) is 6.92 Å². The molecule has 1 N–H and O–H groups in total. The molecule has 0 saturated carbocycles. The molecule has 2 atom stereocenters. The first-order valence-electron chi connectivity index (χ1n) is 9.47. The Balaban J connectivity index is 1.43. The van der Waals surface area contributed by atoms with E-state index < -0.39 is 11.6 Å². The van der Waals surface area contributed by atoms with Crippen molar-refractivity contribution in [3.63, 3.8) is 0 Å². The molecule has 2 heterocycles. The van der Waals surface area contributed by atoms with Crippen LogP contribution in [0.5, 0.6) is 0 Å². The summed E-state index contributed by atoms with van der Waals surface area (Å²) in [5.41, 5.74) is 2.55. The van der Waals surface area contributed by atoms with Crippen LogP contribution in [0.15, 0.2) is 64.3 Å². The molecular formula is C22H22N4O3. The SMILES string of the molecule is Cc1ccccc1-c1noc([C@H](C)NC(=O)[C@]2(C)CC(c3ccccc3)=NO2)n1. The fraction of sp³-hybridized carbons (Fsp3) is 0.273. The molecule has 1 amide bonds. The predicted molar refractivity (Wildman–Crippen MR) is 108 cm³/mol. The molecule has 0 radical (unpaired) electrons. The van der Waals surface area contributed by atoms with Crippen LogP contribution in [0.2, 0.25) is 0 Å². The van der Waals surface area contributed by atoms with Gasteiger partial charge in [0, 0.05) is 12.0 Å². The Morgan fingerprint density at radius 1 is 1.14 bits per heavy atom. The number of aryl methyl sites for hydroxylation is 1. The molecule has 0 unspecified atom stereocenters. The third-order valence-corrected chi connectivity index (χ3v) is 5.00. The molecule has 1 aromatic heterocycles. The second kappa shape index (κ2) is 7.50. The van der Waals surface area contributed by atoms with Crippen molar-refractivity contribution in [3.8, 4) is 11.4 Å². The zero-order chi connectivity index (χ0) is 20.4. The van der Waals surface area contributed by atoms with E-state index in [9.17, 15) is 4.79 Å². The van der Waals surface area contributed by atoms with Crippen molar-refractivity contribution >= 4 is 11.6 Å². The first-order valence-corrected chi connectivity index (χ1v) is 9.47. The van der Waals surface area contributed by atoms with Gasteiger partial charge in [-0.1, -0.05) is 64.9 Å². The molecule has 0 bridgehead atoms. The maximum absolute atomic E-state index is 12.9. The molecule has 4 rings (SSSR count). The normalized spacial score (nSPS) is 19.3. The van der Waals surface area contributed by atoms with E-state index in [0.29, 0.717) is 18.1 Å². The summed E-state index contributed by atoms with van der Waals surface area (Å²) in [7, 11) is 0. The van der Waals surface area contributed by atoms with Crippen molar-refractivity contribution in [3.05, 3.63) is 71.6 Å². The molecule has 148 valence electrons. The van der Waals surface area contributed by atoms with Gasteiger partial charge in [0.2, 0.25) is 17.3 Å². The maximum Gasteiger partial charge on any atom is 0.267 e. The number of hydrogen-bond donors (Lipinski definition) is 1. The van der Waals surface area contributed by atoms with Crippen molar-refractivity contribution in [2.45, 2.75) is 38.8 Å². The number of nitrogens with zero attached hydrogens (tertiary/aromatic N) is 3. The lowest BCUT2D eigenvalue weighted by atomic mass is 9.95. The standard InChI is InChI=1S/C22H22N4O3/c1-14-9-7-8-12-17(14)19-24-20(28-26-19)15(2)23-21(27)22(3)13-18(25-29-22)16-10-5-4-6-11-16/h4-12,15H,13H2,1-3H3,(H,23,27)/t15-,22-/m0/s1. The summed E-state index contributed by atoms with van der Waals surface area (Å²) in [5, 5.41) is 11.1. The number of hydrogen-bond acceptors (Lipinski definition) is 6. The lowest BCUT2D eigenvalue weighted by molar-refractivity contribution is -0.142. The highest BCUT2D eigenvalue weighted by Gasteiger charge is 2.43. The summed E-state index contributed by atoms with van der Waals surface area (Å²) in [6.07, 6.45) is 0.383. The lowest BCUT2D eigenvalue weighted by Gasteiger charge is -2.22. The fourth-order valence-corrected chi connectivity index (χ4v) is 3.20. The highest BCUT2D eigenvalue weighted by atomic mass is 16.7. The van der Waals surface area contributed by atoms with E-state index in [1.807, 2.05) is 61.5 Å². The number of aromatic nitrogens is 2. The summed E-state index contributed by atoms with van der Waals surface area (Å²) in [4.78, 5) is 22.8. The van der Waals surface area contributed by atoms with Gasteiger partial charge in [0.15, 0.2) is 0 Å². The summed E-state index contributed by atoms with van der Waals surface area (Å²) < 4.78 is 5.38. The number of nitrogens with one attached hydrogen (secondary N) is 1. The summed E-state index contributed by atoms with van der Waals surface area (Å²) in [6.45, 7) is 5.50. The van der Waals surface area contributed by atoms with Gasteiger partial charge in [0.1, 0.15) is 6.04 Å². The Hall–Kier alpha value is -3.48. The number of amides is 1. The van der Waals surface area contributed by atoms with Crippen LogP contribution in [0.3, 0.4) is 0 Å². The molecule has 7 heteroatoms. The number of oxime groups is 1. The summed E-state index contributed by atoms with van der Waals surface area (Å²) in [5.74, 6) is 0.551. The van der Waals surface area contributed by atoms with Crippen molar-refractivity contribution in [1.82, 2.24) is 15.5 Å². The minimum absolute atomic E-state index is 0.282. The third-order valence-electron chi connectivity index (χ3n) is 5.00. The Morgan fingerprint density at radius 2 is 1.86 bits per heavy atom. The number of carbonyl (C=O) groups is 1. The summed E-state index contributed by atoms with van der Waals surface area (Å²) >= 11 is 0. The number of carbonyl (C=O) groups excluding carboxylic acids is 1. The zero-order valence-corrected chi connectivity index (χ0v) is 16.5. The van der Waals surface area contributed by atoms with Gasteiger partial charge in [0.25, 0.3) is 5.91 Å². The number of benzene rings is 2. The van der Waals surface area contributed by atoms with Crippen molar-refractivity contribution in [2.24, 2.45) is 5.16 Å². The second-order valence-electron chi connectivity index (χ2n) is 7.37. The molecule has 3 aromatic rings. The van der Waals surface area contributed by atoms with Gasteiger partial charge in [-0.2, -0.15) is 4.98 Å². The molecule has 1 aliphatic rings. The Kier molecular flexibility index (Phi) is 4.88. The zero-order valence-electron chi connectivity index (χ0n) is 16.5. The molecule has 1 aliphatic heterocycles. The van der Waals surface area contributed by atoms with E-state index >= 15 is 0 Å². The van der Waals surface area contributed by atoms with Gasteiger partial charge in [0.05, 0.1) is 5.71 Å². The first kappa shape index (κ1) is 18.9. The lowest BCUT2D eigenvalue weighted by Crippen LogP contribution is -2.45. The van der Waals surface area contributed by atoms with E-state index in [4.69, 9.17) is 9.36 Å². The highest BCUT2D eigenvalue weighted by molar-refractivity contribution is 6.05. The van der Waals surface area contributed by atoms with Gasteiger partial charge in [-0.15, -0.1) is 0 Å². The Bertz CT molecular complexity index is 1060. The minimum atomic E-state index is -1.09. The van der Waals surface area contributed by atoms with Gasteiger partial charge in [-0.05, 0) is 31.9 Å². The van der Waals surface area contributed by atoms with E-state index in [0.717, 1.165) is 22.4 Å². The average molecular weight is 390 g/mol. The third kappa shape index (κ3) is 3.76. The van der Waals surface area contributed by atoms with E-state index in [1.165, 1.54) is 0 Å². The minimum Gasteiger partial charge on any atom is -0.379 e. The van der Waals surface area contributed by atoms with Gasteiger partial charge < -0.3 is 14.7 Å². The molecule has 0 spiro atoms. The Labute approximate surface area is 168 Å². The summed E-state index contributed by atoms with van der Waals surface area (Å²) in [6, 6.07) is 17.0. The van der Waals surface area contributed by atoms with Crippen LogP contribution in [0.4, 0.5) is 0 Å². The van der Waals surface area contributed by atoms with Crippen LogP contribution in [0.1, 0.15) is 43.3 Å². The molecule has 29 heavy (non-hydrogen) atoms. The van der Waals surface area contributed by atoms with Crippen molar-refractivity contribution in [2.75, 3.05) is 0 Å². The van der Waals surface area contributed by atoms with Crippen LogP contribution >= 0.6 is 0 Å². The molecule has 2 aromatic carbocycles. The molecule has 7 nitrogen and oxygen atoms in total. The number of rotatable bonds is 5. The van der Waals surface area contributed by atoms with E-state index in [-0.39, 0.29) is 5.91 Å². The van der Waals surface area contributed by atoms with Crippen LogP contribution in [-0.2, 0) is 9.63 Å². The van der Waals surface area contributed by atoms with E-state index in [2.05, 4.69) is 20.6 Å². The van der Waals surface area contributed by atoms with E-state index in [1.54, 1.807) is 13.8 Å². The van der Waals surface area contributed by atoms with Crippen molar-refractivity contribution < 1.29 is 14.2 Å². The van der Waals surface area contributed by atoms with Gasteiger partial charge in [-0.25, -0.2) is 0 Å². The quantitative estimate of drug-likeness (QED) is 0.716. The monoisotopic (exact) mass is 390 g/mol. The molecule has 0 aliphatic carbocycles. The van der Waals surface area contributed by atoms with Gasteiger partial charge >= 0.3 is 0 Å². The predicted octanol–water partition coefficient (Wildman–Crippen LogP) is 3.81. The molecular weight excluding hydrogens is 368 g/mol. The molecule has 0 fully saturated rings.